The van der Waals surface area contributed by atoms with E-state index in [1.165, 1.54) is 5.57 Å². The van der Waals surface area contributed by atoms with Crippen molar-refractivity contribution in [2.45, 2.75) is 40.0 Å². The van der Waals surface area contributed by atoms with Crippen LogP contribution in [-0.4, -0.2) is 5.11 Å². The molecule has 0 spiro atoms. The highest BCUT2D eigenvalue weighted by molar-refractivity contribution is 4.97. The van der Waals surface area contributed by atoms with Gasteiger partial charge in [0.15, 0.2) is 0 Å². The van der Waals surface area contributed by atoms with Crippen LogP contribution in [-0.2, 0) is 0 Å². The second-order valence-corrected chi connectivity index (χ2v) is 3.30. The van der Waals surface area contributed by atoms with Gasteiger partial charge in [-0.1, -0.05) is 25.5 Å². The zero-order chi connectivity index (χ0) is 9.40. The van der Waals surface area contributed by atoms with Gasteiger partial charge >= 0.3 is 0 Å². The molecule has 1 unspecified atom stereocenters. The lowest BCUT2D eigenvalue weighted by molar-refractivity contribution is 0.463. The highest BCUT2D eigenvalue weighted by atomic mass is 16.2. The number of rotatable bonds is 5. The Hall–Kier alpha value is -0.720. The number of allylic oxidation sites excluding steroid dienone is 3. The van der Waals surface area contributed by atoms with Gasteiger partial charge in [-0.05, 0) is 38.2 Å². The molecule has 0 saturated carbocycles. The van der Waals surface area contributed by atoms with E-state index in [1.54, 1.807) is 0 Å². The Bertz CT molecular complexity index is 156. The summed E-state index contributed by atoms with van der Waals surface area (Å²) in [4.78, 5) is 0. The van der Waals surface area contributed by atoms with Gasteiger partial charge in [0, 0.05) is 0 Å². The molecule has 0 aliphatic rings. The van der Waals surface area contributed by atoms with Gasteiger partial charge in [-0.3, -0.25) is 0 Å². The fourth-order valence-electron chi connectivity index (χ4n) is 0.980. The van der Waals surface area contributed by atoms with E-state index in [0.29, 0.717) is 5.92 Å². The minimum absolute atomic E-state index is 0.482. The molecule has 1 heteroatoms. The molecule has 0 aliphatic heterocycles. The molecule has 0 aliphatic carbocycles. The van der Waals surface area contributed by atoms with Crippen molar-refractivity contribution < 1.29 is 5.11 Å². The summed E-state index contributed by atoms with van der Waals surface area (Å²) in [6, 6.07) is 0. The third-order valence-electron chi connectivity index (χ3n) is 2.09. The minimum atomic E-state index is 0.482. The molecule has 0 aromatic carbocycles. The average Bonchev–Trinajstić information content (AvgIpc) is 2.04. The van der Waals surface area contributed by atoms with Gasteiger partial charge in [0.2, 0.25) is 0 Å². The van der Waals surface area contributed by atoms with Crippen LogP contribution >= 0.6 is 0 Å². The maximum absolute atomic E-state index is 8.50. The largest absolute Gasteiger partial charge is 0.516 e. The van der Waals surface area contributed by atoms with Crippen LogP contribution in [0.1, 0.15) is 40.0 Å². The lowest BCUT2D eigenvalue weighted by atomic mass is 10.0. The fourth-order valence-corrected chi connectivity index (χ4v) is 0.980. The van der Waals surface area contributed by atoms with Crippen molar-refractivity contribution >= 4 is 0 Å². The standard InChI is InChI=1S/C11H20O/c1-4-10(2)6-5-7-11(3)8-9-12/h6,8-9,11-12H,4-5,7H2,1-3H3/b9-8+,10-6+. The second-order valence-electron chi connectivity index (χ2n) is 3.30. The van der Waals surface area contributed by atoms with E-state index in [2.05, 4.69) is 26.8 Å². The maximum atomic E-state index is 8.50. The van der Waals surface area contributed by atoms with E-state index in [4.69, 9.17) is 5.11 Å². The van der Waals surface area contributed by atoms with Gasteiger partial charge in [0.1, 0.15) is 0 Å². The molecular formula is C11H20O. The molecule has 0 bridgehead atoms. The van der Waals surface area contributed by atoms with Gasteiger partial charge in [-0.25, -0.2) is 0 Å². The van der Waals surface area contributed by atoms with Crippen LogP contribution in [0.4, 0.5) is 0 Å². The smallest absolute Gasteiger partial charge is 0.0754 e. The lowest BCUT2D eigenvalue weighted by Crippen LogP contribution is -1.88. The summed E-state index contributed by atoms with van der Waals surface area (Å²) in [6.45, 7) is 6.44. The Morgan fingerprint density at radius 3 is 2.67 bits per heavy atom. The molecule has 1 nitrogen and oxygen atoms in total. The molecular weight excluding hydrogens is 148 g/mol. The van der Waals surface area contributed by atoms with E-state index < -0.39 is 0 Å². The normalized spacial score (nSPS) is 15.4. The van der Waals surface area contributed by atoms with Crippen molar-refractivity contribution in [3.8, 4) is 0 Å². The minimum Gasteiger partial charge on any atom is -0.516 e. The zero-order valence-electron chi connectivity index (χ0n) is 8.38. The molecule has 0 radical (unpaired) electrons. The summed E-state index contributed by atoms with van der Waals surface area (Å²) in [5.41, 5.74) is 1.45. The Labute approximate surface area is 75.8 Å². The summed E-state index contributed by atoms with van der Waals surface area (Å²) >= 11 is 0. The summed E-state index contributed by atoms with van der Waals surface area (Å²) in [6.07, 6.45) is 8.63. The predicted octanol–water partition coefficient (Wildman–Crippen LogP) is 3.83. The average molecular weight is 168 g/mol. The molecule has 12 heavy (non-hydrogen) atoms. The van der Waals surface area contributed by atoms with Gasteiger partial charge in [-0.2, -0.15) is 0 Å². The SMILES string of the molecule is CC/C(C)=C/CCC(C)/C=C/O. The van der Waals surface area contributed by atoms with Gasteiger partial charge in [-0.15, -0.1) is 0 Å². The molecule has 0 heterocycles. The van der Waals surface area contributed by atoms with E-state index in [9.17, 15) is 0 Å². The third-order valence-corrected chi connectivity index (χ3v) is 2.09. The molecule has 0 amide bonds. The summed E-state index contributed by atoms with van der Waals surface area (Å²) < 4.78 is 0. The molecule has 0 fully saturated rings. The zero-order valence-corrected chi connectivity index (χ0v) is 8.38. The van der Waals surface area contributed by atoms with Crippen LogP contribution in [0.5, 0.6) is 0 Å². The number of hydrogen-bond donors (Lipinski definition) is 1. The van der Waals surface area contributed by atoms with Gasteiger partial charge in [0.25, 0.3) is 0 Å². The molecule has 1 atom stereocenters. The predicted molar refractivity (Wildman–Crippen MR) is 54.2 cm³/mol. The number of aliphatic hydroxyl groups is 1. The van der Waals surface area contributed by atoms with Crippen LogP contribution in [0.3, 0.4) is 0 Å². The molecule has 0 rings (SSSR count). The van der Waals surface area contributed by atoms with Crippen molar-refractivity contribution in [1.29, 1.82) is 0 Å². The Balaban J connectivity index is 3.55. The van der Waals surface area contributed by atoms with Crippen LogP contribution in [0.25, 0.3) is 0 Å². The van der Waals surface area contributed by atoms with Gasteiger partial charge < -0.3 is 5.11 Å². The summed E-state index contributed by atoms with van der Waals surface area (Å²) in [5, 5.41) is 8.50. The summed E-state index contributed by atoms with van der Waals surface area (Å²) in [5.74, 6) is 0.482. The number of hydrogen-bond acceptors (Lipinski definition) is 1. The second kappa shape index (κ2) is 6.96. The van der Waals surface area contributed by atoms with E-state index >= 15 is 0 Å². The third kappa shape index (κ3) is 6.02. The van der Waals surface area contributed by atoms with Gasteiger partial charge in [0.05, 0.1) is 6.26 Å². The Morgan fingerprint density at radius 2 is 2.17 bits per heavy atom. The Morgan fingerprint density at radius 1 is 1.50 bits per heavy atom. The van der Waals surface area contributed by atoms with Crippen LogP contribution < -0.4 is 0 Å². The topological polar surface area (TPSA) is 20.2 Å². The first-order chi connectivity index (χ1) is 5.70. The summed E-state index contributed by atoms with van der Waals surface area (Å²) in [7, 11) is 0. The molecule has 1 N–H and O–H groups in total. The first kappa shape index (κ1) is 11.3. The van der Waals surface area contributed by atoms with Crippen LogP contribution in [0, 0.1) is 5.92 Å². The van der Waals surface area contributed by atoms with Crippen molar-refractivity contribution in [3.05, 3.63) is 24.0 Å². The molecule has 0 aromatic rings. The van der Waals surface area contributed by atoms with Crippen molar-refractivity contribution in [2.24, 2.45) is 5.92 Å². The molecule has 70 valence electrons. The quantitative estimate of drug-likeness (QED) is 0.488. The number of aliphatic hydroxyl groups excluding tert-OH is 1. The van der Waals surface area contributed by atoms with Crippen molar-refractivity contribution in [1.82, 2.24) is 0 Å². The van der Waals surface area contributed by atoms with E-state index in [1.807, 2.05) is 6.08 Å². The molecule has 0 saturated heterocycles. The fraction of sp³-hybridized carbons (Fsp3) is 0.636. The molecule has 0 aromatic heterocycles. The maximum Gasteiger partial charge on any atom is 0.0754 e. The lowest BCUT2D eigenvalue weighted by Gasteiger charge is -2.02. The van der Waals surface area contributed by atoms with Crippen molar-refractivity contribution in [2.75, 3.05) is 0 Å². The van der Waals surface area contributed by atoms with Crippen molar-refractivity contribution in [3.63, 3.8) is 0 Å². The first-order valence-corrected chi connectivity index (χ1v) is 4.67. The first-order valence-electron chi connectivity index (χ1n) is 4.67. The highest BCUT2D eigenvalue weighted by Crippen LogP contribution is 2.09. The Kier molecular flexibility index (Phi) is 6.54. The monoisotopic (exact) mass is 168 g/mol. The highest BCUT2D eigenvalue weighted by Gasteiger charge is 1.94. The van der Waals surface area contributed by atoms with Crippen LogP contribution in [0.2, 0.25) is 0 Å². The van der Waals surface area contributed by atoms with E-state index in [-0.39, 0.29) is 0 Å². The van der Waals surface area contributed by atoms with E-state index in [0.717, 1.165) is 25.5 Å². The van der Waals surface area contributed by atoms with Crippen LogP contribution in [0.15, 0.2) is 24.0 Å².